The van der Waals surface area contributed by atoms with Crippen LogP contribution in [-0.4, -0.2) is 4.75 Å². The van der Waals surface area contributed by atoms with Crippen LogP contribution in [0.15, 0.2) is 42.5 Å². The molecule has 0 heterocycles. The van der Waals surface area contributed by atoms with E-state index in [0.717, 1.165) is 23.3 Å². The predicted octanol–water partition coefficient (Wildman–Crippen LogP) is 5.11. The van der Waals surface area contributed by atoms with Crippen LogP contribution in [0, 0.1) is 17.2 Å². The second kappa shape index (κ2) is 8.46. The highest BCUT2D eigenvalue weighted by Crippen LogP contribution is 2.43. The quantitative estimate of drug-likeness (QED) is 0.377. The van der Waals surface area contributed by atoms with Gasteiger partial charge >= 0.3 is 0 Å². The van der Waals surface area contributed by atoms with Crippen molar-refractivity contribution in [3.05, 3.63) is 59.2 Å². The van der Waals surface area contributed by atoms with Gasteiger partial charge in [0.15, 0.2) is 0 Å². The van der Waals surface area contributed by atoms with Gasteiger partial charge in [0.25, 0.3) is 0 Å². The van der Waals surface area contributed by atoms with Crippen molar-refractivity contribution in [1.29, 1.82) is 5.26 Å². The monoisotopic (exact) mass is 411 g/mol. The SMILES string of the molecule is CC(C)(C)SNC(CCC1CC1)(c1ccc(C#N)cc1)c1ccc(P)c(N)c1. The van der Waals surface area contributed by atoms with Crippen LogP contribution in [0.1, 0.15) is 63.1 Å². The highest BCUT2D eigenvalue weighted by Gasteiger charge is 2.37. The maximum atomic E-state index is 9.22. The van der Waals surface area contributed by atoms with E-state index >= 15 is 0 Å². The van der Waals surface area contributed by atoms with Gasteiger partial charge in [0.1, 0.15) is 0 Å². The minimum absolute atomic E-state index is 0.0729. The number of anilines is 1. The molecular formula is C23H30N3PS. The first kappa shape index (κ1) is 21.2. The van der Waals surface area contributed by atoms with E-state index in [1.807, 2.05) is 12.1 Å². The molecule has 1 fully saturated rings. The zero-order chi connectivity index (χ0) is 20.4. The first-order valence-corrected chi connectivity index (χ1v) is 11.2. The minimum atomic E-state index is -0.346. The molecule has 2 aromatic rings. The van der Waals surface area contributed by atoms with Gasteiger partial charge in [0.05, 0.1) is 17.2 Å². The van der Waals surface area contributed by atoms with Crippen molar-refractivity contribution in [1.82, 2.24) is 4.72 Å². The predicted molar refractivity (Wildman–Crippen MR) is 125 cm³/mol. The Bertz CT molecular complexity index is 863. The molecule has 0 saturated heterocycles. The molecule has 1 aliphatic rings. The molecule has 0 radical (unpaired) electrons. The van der Waals surface area contributed by atoms with Crippen molar-refractivity contribution in [3.63, 3.8) is 0 Å². The number of nitrogens with two attached hydrogens (primary N) is 1. The van der Waals surface area contributed by atoms with Gasteiger partial charge in [-0.1, -0.05) is 49.1 Å². The topological polar surface area (TPSA) is 61.8 Å². The van der Waals surface area contributed by atoms with Crippen molar-refractivity contribution in [3.8, 4) is 6.07 Å². The van der Waals surface area contributed by atoms with Gasteiger partial charge in [-0.2, -0.15) is 5.26 Å². The second-order valence-electron chi connectivity index (χ2n) is 8.74. The number of rotatable bonds is 7. The lowest BCUT2D eigenvalue weighted by Crippen LogP contribution is -2.42. The molecule has 28 heavy (non-hydrogen) atoms. The van der Waals surface area contributed by atoms with Crippen molar-refractivity contribution in [2.45, 2.75) is 56.7 Å². The number of hydrogen-bond donors (Lipinski definition) is 2. The van der Waals surface area contributed by atoms with E-state index in [1.165, 1.54) is 30.4 Å². The van der Waals surface area contributed by atoms with Crippen LogP contribution in [0.25, 0.3) is 0 Å². The van der Waals surface area contributed by atoms with Crippen LogP contribution < -0.4 is 15.8 Å². The summed E-state index contributed by atoms with van der Waals surface area (Å²) in [4.78, 5) is 0. The van der Waals surface area contributed by atoms with Crippen LogP contribution in [0.4, 0.5) is 5.69 Å². The molecule has 3 rings (SSSR count). The van der Waals surface area contributed by atoms with Crippen LogP contribution in [0.5, 0.6) is 0 Å². The lowest BCUT2D eigenvalue weighted by atomic mass is 9.79. The number of nitrogen functional groups attached to an aromatic ring is 1. The van der Waals surface area contributed by atoms with Crippen LogP contribution in [0.2, 0.25) is 0 Å². The number of hydrogen-bond acceptors (Lipinski definition) is 4. The Hall–Kier alpha value is -1.53. The summed E-state index contributed by atoms with van der Waals surface area (Å²) in [5, 5.41) is 10.2. The largest absolute Gasteiger partial charge is 0.398 e. The lowest BCUT2D eigenvalue weighted by molar-refractivity contribution is 0.424. The molecule has 0 aliphatic heterocycles. The highest BCUT2D eigenvalue weighted by atomic mass is 32.2. The molecule has 2 atom stereocenters. The summed E-state index contributed by atoms with van der Waals surface area (Å²) < 4.78 is 3.92. The van der Waals surface area contributed by atoms with E-state index in [4.69, 9.17) is 5.73 Å². The fraction of sp³-hybridized carbons (Fsp3) is 0.435. The Morgan fingerprint density at radius 3 is 2.32 bits per heavy atom. The van der Waals surface area contributed by atoms with Gasteiger partial charge in [0.2, 0.25) is 0 Å². The molecule has 148 valence electrons. The van der Waals surface area contributed by atoms with Gasteiger partial charge in [0, 0.05) is 10.4 Å². The zero-order valence-electron chi connectivity index (χ0n) is 17.0. The third-order valence-corrected chi connectivity index (χ3v) is 6.83. The van der Waals surface area contributed by atoms with Gasteiger partial charge in [-0.05, 0) is 74.2 Å². The smallest absolute Gasteiger partial charge is 0.0991 e. The molecule has 0 amide bonds. The molecule has 5 heteroatoms. The second-order valence-corrected chi connectivity index (χ2v) is 11.0. The summed E-state index contributed by atoms with van der Waals surface area (Å²) in [7, 11) is 2.70. The summed E-state index contributed by atoms with van der Waals surface area (Å²) in [6.07, 6.45) is 4.85. The highest BCUT2D eigenvalue weighted by molar-refractivity contribution is 7.98. The fourth-order valence-corrected chi connectivity index (χ4v) is 4.36. The number of nitriles is 1. The maximum absolute atomic E-state index is 9.22. The van der Waals surface area contributed by atoms with Crippen LogP contribution in [-0.2, 0) is 5.54 Å². The maximum Gasteiger partial charge on any atom is 0.0991 e. The summed E-state index contributed by atoms with van der Waals surface area (Å²) in [5.41, 5.74) is 9.78. The standard InChI is InChI=1S/C23H30N3PS/c1-22(2,3)28-26-23(13-12-16-4-5-16,18-8-6-17(15-24)7-9-18)19-10-11-21(27)20(25)14-19/h6-11,14,16,26H,4-5,12-13,25,27H2,1-3H3. The van der Waals surface area contributed by atoms with Gasteiger partial charge in [-0.3, -0.25) is 0 Å². The molecular weight excluding hydrogens is 381 g/mol. The molecule has 1 aliphatic carbocycles. The molecule has 0 spiro atoms. The molecule has 1 saturated carbocycles. The Morgan fingerprint density at radius 2 is 1.79 bits per heavy atom. The molecule has 2 unspecified atom stereocenters. The van der Waals surface area contributed by atoms with Crippen molar-refractivity contribution in [2.75, 3.05) is 5.73 Å². The van der Waals surface area contributed by atoms with E-state index in [0.29, 0.717) is 5.56 Å². The third-order valence-electron chi connectivity index (χ3n) is 5.24. The van der Waals surface area contributed by atoms with E-state index in [9.17, 15) is 5.26 Å². The van der Waals surface area contributed by atoms with Crippen LogP contribution >= 0.6 is 21.2 Å². The summed E-state index contributed by atoms with van der Waals surface area (Å²) >= 11 is 1.76. The van der Waals surface area contributed by atoms with E-state index in [-0.39, 0.29) is 10.3 Å². The minimum Gasteiger partial charge on any atom is -0.398 e. The molecule has 0 aromatic heterocycles. The Kier molecular flexibility index (Phi) is 6.40. The zero-order valence-corrected chi connectivity index (χ0v) is 18.9. The van der Waals surface area contributed by atoms with Gasteiger partial charge in [-0.25, -0.2) is 4.72 Å². The third kappa shape index (κ3) is 5.09. The number of benzene rings is 2. The Balaban J connectivity index is 2.10. The van der Waals surface area contributed by atoms with Crippen LogP contribution in [0.3, 0.4) is 0 Å². The molecule has 2 aromatic carbocycles. The van der Waals surface area contributed by atoms with Gasteiger partial charge in [-0.15, -0.1) is 9.24 Å². The first-order valence-electron chi connectivity index (χ1n) is 9.85. The van der Waals surface area contributed by atoms with Crippen molar-refractivity contribution >= 4 is 32.2 Å². The normalized spacial score (nSPS) is 16.4. The summed E-state index contributed by atoms with van der Waals surface area (Å²) in [5.74, 6) is 0.831. The lowest BCUT2D eigenvalue weighted by Gasteiger charge is -2.38. The summed E-state index contributed by atoms with van der Waals surface area (Å²) in [6, 6.07) is 16.6. The van der Waals surface area contributed by atoms with E-state index < -0.39 is 0 Å². The Labute approximate surface area is 175 Å². The number of nitrogens with one attached hydrogen (secondary N) is 1. The van der Waals surface area contributed by atoms with Crippen molar-refractivity contribution in [2.24, 2.45) is 5.92 Å². The average molecular weight is 412 g/mol. The van der Waals surface area contributed by atoms with E-state index in [1.54, 1.807) is 11.9 Å². The fourth-order valence-electron chi connectivity index (χ4n) is 3.36. The van der Waals surface area contributed by atoms with Crippen molar-refractivity contribution < 1.29 is 0 Å². The summed E-state index contributed by atoms with van der Waals surface area (Å²) in [6.45, 7) is 6.65. The molecule has 3 N–H and O–H groups in total. The molecule has 3 nitrogen and oxygen atoms in total. The Morgan fingerprint density at radius 1 is 1.14 bits per heavy atom. The first-order chi connectivity index (χ1) is 13.2. The molecule has 0 bridgehead atoms. The van der Waals surface area contributed by atoms with E-state index in [2.05, 4.69) is 71.1 Å². The van der Waals surface area contributed by atoms with Gasteiger partial charge < -0.3 is 5.73 Å². The average Bonchev–Trinajstić information content (AvgIpc) is 3.48. The number of nitrogens with zero attached hydrogens (tertiary/aromatic N) is 1.